The van der Waals surface area contributed by atoms with Crippen molar-refractivity contribution in [2.45, 2.75) is 6.92 Å². The molecule has 0 unspecified atom stereocenters. The Bertz CT molecular complexity index is 459. The number of methoxy groups -OCH3 is 1. The van der Waals surface area contributed by atoms with Gasteiger partial charge in [-0.05, 0) is 6.92 Å². The van der Waals surface area contributed by atoms with Crippen molar-refractivity contribution >= 4 is 28.5 Å². The lowest BCUT2D eigenvalue weighted by molar-refractivity contribution is 0.0594. The van der Waals surface area contributed by atoms with E-state index >= 15 is 0 Å². The van der Waals surface area contributed by atoms with Crippen molar-refractivity contribution in [1.29, 1.82) is 0 Å². The minimum atomic E-state index is -0.442. The first kappa shape index (κ1) is 15.2. The zero-order chi connectivity index (χ0) is 14.4. The van der Waals surface area contributed by atoms with Gasteiger partial charge in [0.1, 0.15) is 0 Å². The summed E-state index contributed by atoms with van der Waals surface area (Å²) in [7, 11) is 4.68. The number of urea groups is 1. The molecule has 2 N–H and O–H groups in total. The maximum Gasteiger partial charge on any atom is 0.357 e. The number of aromatic nitrogens is 1. The Balaban J connectivity index is 2.42. The lowest BCUT2D eigenvalue weighted by atomic mass is 10.4. The molecule has 0 saturated carbocycles. The molecule has 0 bridgehead atoms. The van der Waals surface area contributed by atoms with Crippen molar-refractivity contribution in [2.75, 3.05) is 39.6 Å². The van der Waals surface area contributed by atoms with E-state index in [0.29, 0.717) is 23.9 Å². The fraction of sp³-hybridized carbons (Fsp3) is 0.545. The van der Waals surface area contributed by atoms with Crippen molar-refractivity contribution in [3.05, 3.63) is 10.6 Å². The molecule has 0 radical (unpaired) electrons. The molecule has 0 fully saturated rings. The summed E-state index contributed by atoms with van der Waals surface area (Å²) >= 11 is 1.38. The van der Waals surface area contributed by atoms with E-state index in [9.17, 15) is 9.59 Å². The third kappa shape index (κ3) is 4.40. The second kappa shape index (κ2) is 6.93. The Morgan fingerprint density at radius 3 is 2.63 bits per heavy atom. The standard InChI is InChI=1S/C11H18N4O3S/c1-7-8(9(16)18-4)14-10(19-7)12-5-6-13-11(17)15(2)3/h5-6H2,1-4H3,(H,12,14)(H,13,17). The second-order valence-corrected chi connectivity index (χ2v) is 5.17. The minimum Gasteiger partial charge on any atom is -0.464 e. The van der Waals surface area contributed by atoms with Crippen LogP contribution in [0.4, 0.5) is 9.93 Å². The second-order valence-electron chi connectivity index (χ2n) is 3.97. The highest BCUT2D eigenvalue weighted by molar-refractivity contribution is 7.15. The average Bonchev–Trinajstić information content (AvgIpc) is 2.74. The number of nitrogens with one attached hydrogen (secondary N) is 2. The number of carbonyl (C=O) groups is 2. The molecule has 1 heterocycles. The zero-order valence-electron chi connectivity index (χ0n) is 11.4. The number of carbonyl (C=O) groups excluding carboxylic acids is 2. The summed E-state index contributed by atoms with van der Waals surface area (Å²) in [5.41, 5.74) is 0.326. The lowest BCUT2D eigenvalue weighted by Crippen LogP contribution is -2.37. The summed E-state index contributed by atoms with van der Waals surface area (Å²) in [5.74, 6) is -0.442. The number of anilines is 1. The summed E-state index contributed by atoms with van der Waals surface area (Å²) in [6, 6.07) is -0.146. The van der Waals surface area contributed by atoms with E-state index in [1.165, 1.54) is 23.3 Å². The molecule has 7 nitrogen and oxygen atoms in total. The van der Waals surface area contributed by atoms with E-state index in [0.717, 1.165) is 4.88 Å². The van der Waals surface area contributed by atoms with Crippen LogP contribution in [0.25, 0.3) is 0 Å². The van der Waals surface area contributed by atoms with E-state index < -0.39 is 5.97 Å². The molecule has 0 atom stereocenters. The van der Waals surface area contributed by atoms with Gasteiger partial charge in [0.15, 0.2) is 10.8 Å². The quantitative estimate of drug-likeness (QED) is 0.621. The fourth-order valence-electron chi connectivity index (χ4n) is 1.26. The molecular formula is C11H18N4O3S. The molecule has 0 spiro atoms. The number of hydrogen-bond donors (Lipinski definition) is 2. The number of nitrogens with zero attached hydrogens (tertiary/aromatic N) is 2. The Hall–Kier alpha value is -1.83. The number of esters is 1. The molecule has 1 aromatic rings. The first-order valence-corrected chi connectivity index (χ1v) is 6.52. The summed E-state index contributed by atoms with van der Waals surface area (Å²) in [6.07, 6.45) is 0. The van der Waals surface area contributed by atoms with Crippen LogP contribution in [0.1, 0.15) is 15.4 Å². The maximum absolute atomic E-state index is 11.4. The molecule has 0 aromatic carbocycles. The van der Waals surface area contributed by atoms with Crippen molar-refractivity contribution in [3.63, 3.8) is 0 Å². The molecule has 2 amide bonds. The SMILES string of the molecule is COC(=O)c1nc(NCCNC(=O)N(C)C)sc1C. The van der Waals surface area contributed by atoms with Crippen molar-refractivity contribution < 1.29 is 14.3 Å². The smallest absolute Gasteiger partial charge is 0.357 e. The van der Waals surface area contributed by atoms with Gasteiger partial charge in [-0.3, -0.25) is 0 Å². The van der Waals surface area contributed by atoms with Crippen molar-refractivity contribution in [1.82, 2.24) is 15.2 Å². The molecule has 1 aromatic heterocycles. The number of ether oxygens (including phenoxy) is 1. The third-order valence-corrected chi connectivity index (χ3v) is 3.19. The number of aryl methyl sites for hydroxylation is 1. The zero-order valence-corrected chi connectivity index (χ0v) is 12.3. The highest BCUT2D eigenvalue weighted by Gasteiger charge is 2.15. The van der Waals surface area contributed by atoms with E-state index in [-0.39, 0.29) is 6.03 Å². The van der Waals surface area contributed by atoms with Crippen LogP contribution in [-0.2, 0) is 4.74 Å². The van der Waals surface area contributed by atoms with Gasteiger partial charge in [0.2, 0.25) is 0 Å². The Morgan fingerprint density at radius 2 is 2.05 bits per heavy atom. The van der Waals surface area contributed by atoms with Gasteiger partial charge in [0.05, 0.1) is 7.11 Å². The molecule has 0 aliphatic rings. The fourth-order valence-corrected chi connectivity index (χ4v) is 2.08. The van der Waals surface area contributed by atoms with E-state index in [2.05, 4.69) is 20.4 Å². The van der Waals surface area contributed by atoms with E-state index in [1.807, 2.05) is 6.92 Å². The molecule has 106 valence electrons. The average molecular weight is 286 g/mol. The van der Waals surface area contributed by atoms with Gasteiger partial charge in [-0.25, -0.2) is 14.6 Å². The third-order valence-electron chi connectivity index (χ3n) is 2.26. The van der Waals surface area contributed by atoms with Gasteiger partial charge in [0.25, 0.3) is 0 Å². The van der Waals surface area contributed by atoms with Gasteiger partial charge in [-0.1, -0.05) is 0 Å². The van der Waals surface area contributed by atoms with Crippen LogP contribution >= 0.6 is 11.3 Å². The summed E-state index contributed by atoms with van der Waals surface area (Å²) in [5, 5.41) is 6.40. The molecule has 0 aliphatic carbocycles. The highest BCUT2D eigenvalue weighted by atomic mass is 32.1. The largest absolute Gasteiger partial charge is 0.464 e. The monoisotopic (exact) mass is 286 g/mol. The van der Waals surface area contributed by atoms with Gasteiger partial charge in [-0.15, -0.1) is 11.3 Å². The Morgan fingerprint density at radius 1 is 1.37 bits per heavy atom. The van der Waals surface area contributed by atoms with Crippen LogP contribution in [0.5, 0.6) is 0 Å². The maximum atomic E-state index is 11.4. The Labute approximate surface area is 116 Å². The van der Waals surface area contributed by atoms with Crippen molar-refractivity contribution in [3.8, 4) is 0 Å². The van der Waals surface area contributed by atoms with Gasteiger partial charge < -0.3 is 20.3 Å². The predicted octanol–water partition coefficient (Wildman–Crippen LogP) is 0.921. The predicted molar refractivity (Wildman–Crippen MR) is 73.8 cm³/mol. The number of amides is 2. The number of hydrogen-bond acceptors (Lipinski definition) is 6. The molecule has 19 heavy (non-hydrogen) atoms. The molecule has 0 aliphatic heterocycles. The van der Waals surface area contributed by atoms with Gasteiger partial charge in [0, 0.05) is 32.1 Å². The summed E-state index contributed by atoms with van der Waals surface area (Å²) in [6.45, 7) is 2.82. The topological polar surface area (TPSA) is 83.6 Å². The highest BCUT2D eigenvalue weighted by Crippen LogP contribution is 2.22. The lowest BCUT2D eigenvalue weighted by Gasteiger charge is -2.11. The Kier molecular flexibility index (Phi) is 5.56. The van der Waals surface area contributed by atoms with E-state index in [1.54, 1.807) is 14.1 Å². The minimum absolute atomic E-state index is 0.146. The van der Waals surface area contributed by atoms with Crippen LogP contribution in [0.15, 0.2) is 0 Å². The van der Waals surface area contributed by atoms with Crippen LogP contribution in [-0.4, -0.2) is 56.2 Å². The van der Waals surface area contributed by atoms with Gasteiger partial charge in [-0.2, -0.15) is 0 Å². The summed E-state index contributed by atoms with van der Waals surface area (Å²) in [4.78, 5) is 29.0. The first-order chi connectivity index (χ1) is 8.95. The van der Waals surface area contributed by atoms with Crippen molar-refractivity contribution in [2.24, 2.45) is 0 Å². The normalized spacial score (nSPS) is 9.89. The van der Waals surface area contributed by atoms with Gasteiger partial charge >= 0.3 is 12.0 Å². The van der Waals surface area contributed by atoms with Crippen LogP contribution in [0, 0.1) is 6.92 Å². The summed E-state index contributed by atoms with van der Waals surface area (Å²) < 4.78 is 4.63. The van der Waals surface area contributed by atoms with Crippen LogP contribution in [0.2, 0.25) is 0 Å². The first-order valence-electron chi connectivity index (χ1n) is 5.70. The van der Waals surface area contributed by atoms with Crippen LogP contribution in [0.3, 0.4) is 0 Å². The van der Waals surface area contributed by atoms with Crippen LogP contribution < -0.4 is 10.6 Å². The number of rotatable bonds is 5. The molecule has 0 saturated heterocycles. The molecular weight excluding hydrogens is 268 g/mol. The molecule has 1 rings (SSSR count). The molecule has 8 heteroatoms. The number of thiazole rings is 1. The van der Waals surface area contributed by atoms with E-state index in [4.69, 9.17) is 0 Å².